The molecule has 0 radical (unpaired) electrons. The second-order valence-electron chi connectivity index (χ2n) is 10.2. The third-order valence-electron chi connectivity index (χ3n) is 8.06. The number of hydrogen-bond donors (Lipinski definition) is 2. The summed E-state index contributed by atoms with van der Waals surface area (Å²) in [6.45, 7) is 3.23. The number of aliphatic hydroxyl groups excluding tert-OH is 1. The van der Waals surface area contributed by atoms with E-state index in [0.717, 1.165) is 55.2 Å². The van der Waals surface area contributed by atoms with Gasteiger partial charge < -0.3 is 15.0 Å². The van der Waals surface area contributed by atoms with Crippen LogP contribution in [-0.4, -0.2) is 64.6 Å². The highest BCUT2D eigenvalue weighted by atomic mass is 79.9. The summed E-state index contributed by atoms with van der Waals surface area (Å²) in [6, 6.07) is 9.64. The minimum Gasteiger partial charge on any atom is -0.395 e. The molecule has 2 saturated heterocycles. The number of aromatic amines is 1. The molecule has 37 heavy (non-hydrogen) atoms. The SMILES string of the molecule is O=C(C=Cc1ccc(F)c(Br)c1)N1CCC(C(CO)N2CCC(c3c[nH]c4ccc(F)cc34)CC2)CC1. The monoisotopic (exact) mass is 571 g/mol. The van der Waals surface area contributed by atoms with Crippen molar-refractivity contribution >= 4 is 38.8 Å². The number of benzene rings is 2. The molecule has 1 atom stereocenters. The second kappa shape index (κ2) is 11.5. The van der Waals surface area contributed by atoms with Gasteiger partial charge in [-0.05, 0) is 114 Å². The fourth-order valence-electron chi connectivity index (χ4n) is 5.95. The zero-order valence-corrected chi connectivity index (χ0v) is 22.3. The molecule has 1 aromatic heterocycles. The fraction of sp³-hybridized carbons (Fsp3) is 0.414. The van der Waals surface area contributed by atoms with Crippen molar-refractivity contribution in [3.63, 3.8) is 0 Å². The second-order valence-corrected chi connectivity index (χ2v) is 11.0. The number of fused-ring (bicyclic) bond motifs is 1. The van der Waals surface area contributed by atoms with Crippen LogP contribution in [0.3, 0.4) is 0 Å². The van der Waals surface area contributed by atoms with Gasteiger partial charge in [0.15, 0.2) is 0 Å². The Morgan fingerprint density at radius 1 is 1.08 bits per heavy atom. The van der Waals surface area contributed by atoms with Crippen LogP contribution in [0.1, 0.15) is 42.7 Å². The first-order valence-corrected chi connectivity index (χ1v) is 13.8. The standard InChI is InChI=1S/C29H32BrF2N3O2/c30-25-15-19(1-4-26(25)32)2-6-29(37)35-13-9-21(10-14-35)28(18-36)34-11-7-20(8-12-34)24-17-33-27-5-3-22(31)16-23(24)27/h1-6,15-17,20-21,28,33,36H,7-14,18H2. The molecule has 5 rings (SSSR count). The number of likely N-dealkylation sites (tertiary alicyclic amines) is 2. The van der Waals surface area contributed by atoms with Gasteiger partial charge in [-0.2, -0.15) is 0 Å². The number of aliphatic hydroxyl groups is 1. The average Bonchev–Trinajstić information content (AvgIpc) is 3.33. The summed E-state index contributed by atoms with van der Waals surface area (Å²) in [5.74, 6) is 0.121. The summed E-state index contributed by atoms with van der Waals surface area (Å²) in [7, 11) is 0. The quantitative estimate of drug-likeness (QED) is 0.373. The molecule has 0 saturated carbocycles. The minimum absolute atomic E-state index is 0.0459. The van der Waals surface area contributed by atoms with E-state index in [-0.39, 0.29) is 30.2 Å². The third-order valence-corrected chi connectivity index (χ3v) is 8.67. The van der Waals surface area contributed by atoms with Crippen LogP contribution < -0.4 is 0 Å². The first kappa shape index (κ1) is 26.1. The average molecular weight is 572 g/mol. The number of piperidine rings is 2. The van der Waals surface area contributed by atoms with Gasteiger partial charge in [0, 0.05) is 42.3 Å². The molecular weight excluding hydrogens is 540 g/mol. The number of halogens is 3. The number of nitrogens with one attached hydrogen (secondary N) is 1. The maximum Gasteiger partial charge on any atom is 0.246 e. The number of carbonyl (C=O) groups excluding carboxylic acids is 1. The molecule has 2 aliphatic heterocycles. The zero-order chi connectivity index (χ0) is 25.9. The summed E-state index contributed by atoms with van der Waals surface area (Å²) in [4.78, 5) is 20.2. The van der Waals surface area contributed by atoms with Crippen LogP contribution in [0.4, 0.5) is 8.78 Å². The van der Waals surface area contributed by atoms with Crippen LogP contribution in [-0.2, 0) is 4.79 Å². The predicted molar refractivity (Wildman–Crippen MR) is 145 cm³/mol. The highest BCUT2D eigenvalue weighted by Gasteiger charge is 2.34. The summed E-state index contributed by atoms with van der Waals surface area (Å²) in [5.41, 5.74) is 2.91. The van der Waals surface area contributed by atoms with Gasteiger partial charge in [-0.3, -0.25) is 9.69 Å². The van der Waals surface area contributed by atoms with E-state index < -0.39 is 0 Å². The van der Waals surface area contributed by atoms with Gasteiger partial charge in [-0.25, -0.2) is 8.78 Å². The molecule has 2 aromatic carbocycles. The largest absolute Gasteiger partial charge is 0.395 e. The lowest BCUT2D eigenvalue weighted by molar-refractivity contribution is -0.127. The van der Waals surface area contributed by atoms with Crippen LogP contribution in [0.15, 0.2) is 53.1 Å². The Morgan fingerprint density at radius 3 is 2.54 bits per heavy atom. The fourth-order valence-corrected chi connectivity index (χ4v) is 6.35. The van der Waals surface area contributed by atoms with E-state index in [1.54, 1.807) is 36.4 Å². The van der Waals surface area contributed by atoms with Crippen molar-refractivity contribution in [3.8, 4) is 0 Å². The van der Waals surface area contributed by atoms with Crippen LogP contribution in [0.5, 0.6) is 0 Å². The Hall–Kier alpha value is -2.55. The predicted octanol–water partition coefficient (Wildman–Crippen LogP) is 5.70. The number of carbonyl (C=O) groups is 1. The van der Waals surface area contributed by atoms with Gasteiger partial charge in [0.1, 0.15) is 11.6 Å². The van der Waals surface area contributed by atoms with E-state index in [1.807, 2.05) is 11.1 Å². The molecule has 2 fully saturated rings. The molecule has 196 valence electrons. The van der Waals surface area contributed by atoms with Crippen molar-refractivity contribution in [3.05, 3.63) is 75.9 Å². The summed E-state index contributed by atoms with van der Waals surface area (Å²) in [5, 5.41) is 11.2. The Kier molecular flexibility index (Phi) is 8.07. The third kappa shape index (κ3) is 5.81. The molecule has 2 N–H and O–H groups in total. The van der Waals surface area contributed by atoms with Crippen molar-refractivity contribution in [2.24, 2.45) is 5.92 Å². The Balaban J connectivity index is 1.14. The van der Waals surface area contributed by atoms with Crippen molar-refractivity contribution in [2.45, 2.75) is 37.6 Å². The summed E-state index contributed by atoms with van der Waals surface area (Å²) >= 11 is 3.17. The van der Waals surface area contributed by atoms with E-state index in [2.05, 4.69) is 25.8 Å². The number of rotatable bonds is 6. The number of aromatic nitrogens is 1. The van der Waals surface area contributed by atoms with E-state index in [1.165, 1.54) is 17.7 Å². The number of H-pyrrole nitrogens is 1. The number of nitrogens with zero attached hydrogens (tertiary/aromatic N) is 2. The number of amides is 1. The van der Waals surface area contributed by atoms with Gasteiger partial charge in [0.2, 0.25) is 5.91 Å². The van der Waals surface area contributed by atoms with Crippen molar-refractivity contribution in [1.82, 2.24) is 14.8 Å². The maximum absolute atomic E-state index is 13.8. The van der Waals surface area contributed by atoms with Gasteiger partial charge in [-0.15, -0.1) is 0 Å². The molecule has 2 aliphatic rings. The Bertz CT molecular complexity index is 1280. The van der Waals surface area contributed by atoms with E-state index in [9.17, 15) is 18.7 Å². The first-order valence-electron chi connectivity index (χ1n) is 13.0. The van der Waals surface area contributed by atoms with Crippen molar-refractivity contribution in [2.75, 3.05) is 32.8 Å². The highest BCUT2D eigenvalue weighted by molar-refractivity contribution is 9.10. The first-order chi connectivity index (χ1) is 17.9. The molecule has 5 nitrogen and oxygen atoms in total. The smallest absolute Gasteiger partial charge is 0.246 e. The Morgan fingerprint density at radius 2 is 1.84 bits per heavy atom. The Labute approximate surface area is 224 Å². The number of hydrogen-bond acceptors (Lipinski definition) is 3. The van der Waals surface area contributed by atoms with Gasteiger partial charge in [-0.1, -0.05) is 6.07 Å². The van der Waals surface area contributed by atoms with Gasteiger partial charge >= 0.3 is 0 Å². The molecule has 1 unspecified atom stereocenters. The van der Waals surface area contributed by atoms with Gasteiger partial charge in [0.25, 0.3) is 0 Å². The summed E-state index contributed by atoms with van der Waals surface area (Å²) in [6.07, 6.45) is 8.93. The van der Waals surface area contributed by atoms with Crippen molar-refractivity contribution < 1.29 is 18.7 Å². The van der Waals surface area contributed by atoms with Crippen LogP contribution in [0, 0.1) is 17.6 Å². The van der Waals surface area contributed by atoms with E-state index in [4.69, 9.17) is 0 Å². The van der Waals surface area contributed by atoms with Crippen LogP contribution in [0.25, 0.3) is 17.0 Å². The minimum atomic E-state index is -0.332. The molecule has 1 amide bonds. The lowest BCUT2D eigenvalue weighted by Gasteiger charge is -2.43. The van der Waals surface area contributed by atoms with Crippen molar-refractivity contribution in [1.29, 1.82) is 0 Å². The van der Waals surface area contributed by atoms with E-state index in [0.29, 0.717) is 29.4 Å². The highest BCUT2D eigenvalue weighted by Crippen LogP contribution is 2.35. The molecule has 8 heteroatoms. The molecule has 3 aromatic rings. The molecule has 0 spiro atoms. The molecular formula is C29H32BrF2N3O2. The normalized spacial score (nSPS) is 19.2. The lowest BCUT2D eigenvalue weighted by Crippen LogP contribution is -2.50. The maximum atomic E-state index is 13.8. The van der Waals surface area contributed by atoms with E-state index >= 15 is 0 Å². The molecule has 0 aliphatic carbocycles. The molecule has 3 heterocycles. The van der Waals surface area contributed by atoms with Gasteiger partial charge in [0.05, 0.1) is 11.1 Å². The van der Waals surface area contributed by atoms with Crippen LogP contribution in [0.2, 0.25) is 0 Å². The zero-order valence-electron chi connectivity index (χ0n) is 20.7. The van der Waals surface area contributed by atoms with Crippen LogP contribution >= 0.6 is 15.9 Å². The topological polar surface area (TPSA) is 59.6 Å². The lowest BCUT2D eigenvalue weighted by atomic mass is 9.84. The summed E-state index contributed by atoms with van der Waals surface area (Å²) < 4.78 is 27.6. The molecule has 0 bridgehead atoms.